The first-order chi connectivity index (χ1) is 10.5. The molecule has 134 valence electrons. The fraction of sp³-hybridized carbons (Fsp3) is 0.846. The minimum Gasteiger partial charge on any atom is -0.465 e. The summed E-state index contributed by atoms with van der Waals surface area (Å²) in [6, 6.07) is -0.439. The lowest BCUT2D eigenvalue weighted by Crippen LogP contribution is -2.50. The molecule has 10 heteroatoms. The van der Waals surface area contributed by atoms with Gasteiger partial charge in [-0.1, -0.05) is 0 Å². The molecule has 1 aliphatic heterocycles. The zero-order valence-corrected chi connectivity index (χ0v) is 14.5. The second-order valence-corrected chi connectivity index (χ2v) is 8.31. The first-order valence-corrected chi connectivity index (χ1v) is 9.08. The van der Waals surface area contributed by atoms with Crippen LogP contribution in [0.25, 0.3) is 0 Å². The molecule has 0 saturated carbocycles. The van der Waals surface area contributed by atoms with E-state index in [1.54, 1.807) is 20.8 Å². The van der Waals surface area contributed by atoms with E-state index < -0.39 is 33.9 Å². The molecule has 0 aromatic carbocycles. The summed E-state index contributed by atoms with van der Waals surface area (Å²) in [5.74, 6) is -0.296. The minimum absolute atomic E-state index is 0.0837. The molecule has 1 heterocycles. The summed E-state index contributed by atoms with van der Waals surface area (Å²) in [6.07, 6.45) is -0.541. The van der Waals surface area contributed by atoms with Gasteiger partial charge in [-0.05, 0) is 33.6 Å². The number of nitrogens with one attached hydrogen (secondary N) is 2. The lowest BCUT2D eigenvalue weighted by Gasteiger charge is -2.30. The van der Waals surface area contributed by atoms with Crippen LogP contribution in [0.5, 0.6) is 0 Å². The molecule has 1 fully saturated rings. The van der Waals surface area contributed by atoms with Gasteiger partial charge in [0.1, 0.15) is 5.60 Å². The number of carbonyl (C=O) groups excluding carboxylic acids is 1. The van der Waals surface area contributed by atoms with Crippen LogP contribution in [0.1, 0.15) is 33.6 Å². The van der Waals surface area contributed by atoms with Crippen molar-refractivity contribution in [3.05, 3.63) is 0 Å². The van der Waals surface area contributed by atoms with Crippen LogP contribution in [-0.4, -0.2) is 67.6 Å². The maximum absolute atomic E-state index is 12.0. The summed E-state index contributed by atoms with van der Waals surface area (Å²) in [6.45, 7) is 5.59. The van der Waals surface area contributed by atoms with Crippen molar-refractivity contribution in [1.29, 1.82) is 0 Å². The molecule has 0 aromatic rings. The van der Waals surface area contributed by atoms with E-state index in [9.17, 15) is 18.0 Å². The summed E-state index contributed by atoms with van der Waals surface area (Å²) in [4.78, 5) is 23.5. The van der Waals surface area contributed by atoms with Crippen LogP contribution >= 0.6 is 0 Å². The number of likely N-dealkylation sites (tertiary alicyclic amines) is 1. The van der Waals surface area contributed by atoms with E-state index in [1.807, 2.05) is 0 Å². The number of carboxylic acid groups (broad SMARTS) is 1. The summed E-state index contributed by atoms with van der Waals surface area (Å²) >= 11 is 0. The molecule has 0 aromatic heterocycles. The Bertz CT molecular complexity index is 528. The predicted molar refractivity (Wildman–Crippen MR) is 83.8 cm³/mol. The zero-order chi connectivity index (χ0) is 17.7. The maximum atomic E-state index is 12.0. The van der Waals surface area contributed by atoms with Gasteiger partial charge in [0.25, 0.3) is 0 Å². The fourth-order valence-electron chi connectivity index (χ4n) is 2.16. The van der Waals surface area contributed by atoms with Gasteiger partial charge in [0, 0.05) is 25.7 Å². The molecule has 23 heavy (non-hydrogen) atoms. The van der Waals surface area contributed by atoms with E-state index in [0.29, 0.717) is 19.4 Å². The van der Waals surface area contributed by atoms with Crippen molar-refractivity contribution in [3.63, 3.8) is 0 Å². The second kappa shape index (κ2) is 7.82. The topological polar surface area (TPSA) is 125 Å². The van der Waals surface area contributed by atoms with Crippen LogP contribution in [0.2, 0.25) is 0 Å². The molecule has 0 bridgehead atoms. The molecule has 3 N–H and O–H groups in total. The van der Waals surface area contributed by atoms with Crippen LogP contribution in [0, 0.1) is 0 Å². The van der Waals surface area contributed by atoms with Gasteiger partial charge >= 0.3 is 12.2 Å². The van der Waals surface area contributed by atoms with Crippen LogP contribution in [0.3, 0.4) is 0 Å². The maximum Gasteiger partial charge on any atom is 0.407 e. The van der Waals surface area contributed by atoms with Gasteiger partial charge in [-0.2, -0.15) is 0 Å². The van der Waals surface area contributed by atoms with Gasteiger partial charge in [-0.25, -0.2) is 22.7 Å². The van der Waals surface area contributed by atoms with E-state index in [-0.39, 0.29) is 18.8 Å². The smallest absolute Gasteiger partial charge is 0.407 e. The number of nitrogens with zero attached hydrogens (tertiary/aromatic N) is 1. The van der Waals surface area contributed by atoms with E-state index in [0.717, 1.165) is 0 Å². The number of sulfonamides is 1. The van der Waals surface area contributed by atoms with Crippen LogP contribution in [0.15, 0.2) is 0 Å². The number of hydrogen-bond donors (Lipinski definition) is 3. The zero-order valence-electron chi connectivity index (χ0n) is 13.7. The Morgan fingerprint density at radius 3 is 2.57 bits per heavy atom. The number of piperidine rings is 1. The molecular formula is C13H25N3O6S. The summed E-state index contributed by atoms with van der Waals surface area (Å²) in [7, 11) is -3.61. The van der Waals surface area contributed by atoms with E-state index >= 15 is 0 Å². The Labute approximate surface area is 136 Å². The molecule has 0 aliphatic carbocycles. The molecule has 1 atom stereocenters. The number of alkyl carbamates (subject to hydrolysis) is 1. The minimum atomic E-state index is -3.61. The van der Waals surface area contributed by atoms with E-state index in [1.165, 1.54) is 4.90 Å². The van der Waals surface area contributed by atoms with Crippen molar-refractivity contribution in [1.82, 2.24) is 14.9 Å². The van der Waals surface area contributed by atoms with Crippen molar-refractivity contribution >= 4 is 22.2 Å². The number of hydrogen-bond acceptors (Lipinski definition) is 5. The van der Waals surface area contributed by atoms with Crippen LogP contribution in [0.4, 0.5) is 9.59 Å². The average molecular weight is 351 g/mol. The summed E-state index contributed by atoms with van der Waals surface area (Å²) < 4.78 is 31.4. The van der Waals surface area contributed by atoms with Crippen molar-refractivity contribution in [2.45, 2.75) is 45.3 Å². The van der Waals surface area contributed by atoms with Crippen molar-refractivity contribution < 1.29 is 27.9 Å². The third-order valence-electron chi connectivity index (χ3n) is 3.08. The van der Waals surface area contributed by atoms with Crippen molar-refractivity contribution in [3.8, 4) is 0 Å². The molecule has 0 spiro atoms. The van der Waals surface area contributed by atoms with Crippen molar-refractivity contribution in [2.75, 3.05) is 25.4 Å². The molecule has 9 nitrogen and oxygen atoms in total. The standard InChI is InChI=1S/C13H25N3O6S/c1-13(2,3)22-11(17)14-6-8-23(20,21)15-10-5-4-7-16(9-10)12(18)19/h10,15H,4-9H2,1-3H3,(H,14,17)(H,18,19)/t10-/m0/s1. The van der Waals surface area contributed by atoms with Gasteiger partial charge in [-0.3, -0.25) is 0 Å². The summed E-state index contributed by atoms with van der Waals surface area (Å²) in [5, 5.41) is 11.3. The van der Waals surface area contributed by atoms with Gasteiger partial charge in [0.05, 0.1) is 5.75 Å². The third-order valence-corrected chi connectivity index (χ3v) is 4.51. The SMILES string of the molecule is CC(C)(C)OC(=O)NCCS(=O)(=O)N[C@H]1CCCN(C(=O)O)C1. The largest absolute Gasteiger partial charge is 0.465 e. The molecule has 0 unspecified atom stereocenters. The highest BCUT2D eigenvalue weighted by atomic mass is 32.2. The fourth-order valence-corrected chi connectivity index (χ4v) is 3.35. The van der Waals surface area contributed by atoms with Crippen LogP contribution in [-0.2, 0) is 14.8 Å². The van der Waals surface area contributed by atoms with Gasteiger partial charge in [-0.15, -0.1) is 0 Å². The molecule has 1 aliphatic rings. The number of ether oxygens (including phenoxy) is 1. The molecule has 2 amide bonds. The molecule has 0 radical (unpaired) electrons. The third kappa shape index (κ3) is 8.03. The van der Waals surface area contributed by atoms with Crippen molar-refractivity contribution in [2.24, 2.45) is 0 Å². The Morgan fingerprint density at radius 1 is 1.35 bits per heavy atom. The lowest BCUT2D eigenvalue weighted by molar-refractivity contribution is 0.0531. The quantitative estimate of drug-likeness (QED) is 0.665. The van der Waals surface area contributed by atoms with Gasteiger partial charge in [0.15, 0.2) is 0 Å². The van der Waals surface area contributed by atoms with E-state index in [2.05, 4.69) is 10.0 Å². The Hall–Kier alpha value is -1.55. The van der Waals surface area contributed by atoms with E-state index in [4.69, 9.17) is 9.84 Å². The first kappa shape index (κ1) is 19.5. The number of carbonyl (C=O) groups is 2. The number of rotatable bonds is 5. The Morgan fingerprint density at radius 2 is 2.00 bits per heavy atom. The predicted octanol–water partition coefficient (Wildman–Crippen LogP) is 0.573. The van der Waals surface area contributed by atoms with Crippen LogP contribution < -0.4 is 10.0 Å². The second-order valence-electron chi connectivity index (χ2n) is 6.43. The first-order valence-electron chi connectivity index (χ1n) is 7.43. The molecular weight excluding hydrogens is 326 g/mol. The average Bonchev–Trinajstić information content (AvgIpc) is 2.35. The number of amides is 2. The highest BCUT2D eigenvalue weighted by molar-refractivity contribution is 7.89. The monoisotopic (exact) mass is 351 g/mol. The summed E-state index contributed by atoms with van der Waals surface area (Å²) in [5.41, 5.74) is -0.649. The lowest BCUT2D eigenvalue weighted by atomic mass is 10.1. The Balaban J connectivity index is 2.38. The molecule has 1 rings (SSSR count). The highest BCUT2D eigenvalue weighted by Crippen LogP contribution is 2.11. The Kier molecular flexibility index (Phi) is 6.63. The highest BCUT2D eigenvalue weighted by Gasteiger charge is 2.26. The normalized spacial score (nSPS) is 19.3. The van der Waals surface area contributed by atoms with Gasteiger partial charge in [0.2, 0.25) is 10.0 Å². The van der Waals surface area contributed by atoms with Gasteiger partial charge < -0.3 is 20.1 Å². The molecule has 1 saturated heterocycles.